The first kappa shape index (κ1) is 17.6. The molecule has 1 unspecified atom stereocenters. The molecular formula is C15H30N4O2. The van der Waals surface area contributed by atoms with Crippen LogP contribution in [0.15, 0.2) is 4.99 Å². The van der Waals surface area contributed by atoms with Gasteiger partial charge in [-0.3, -0.25) is 4.99 Å². The number of amides is 1. The third-order valence-corrected chi connectivity index (χ3v) is 3.25. The number of hydrogen-bond donors (Lipinski definition) is 2. The molecule has 0 aromatic heterocycles. The second-order valence-corrected chi connectivity index (χ2v) is 6.63. The summed E-state index contributed by atoms with van der Waals surface area (Å²) in [6.07, 6.45) is 2.82. The summed E-state index contributed by atoms with van der Waals surface area (Å²) in [7, 11) is 0. The number of aliphatic imine (C=N–C) groups is 1. The van der Waals surface area contributed by atoms with Crippen LogP contribution in [0.2, 0.25) is 0 Å². The number of nitrogens with one attached hydrogen (secondary N) is 1. The monoisotopic (exact) mass is 298 g/mol. The Morgan fingerprint density at radius 2 is 2.10 bits per heavy atom. The number of nitrogens with two attached hydrogens (primary N) is 1. The number of carbonyl (C=O) groups excluding carboxylic acids is 1. The van der Waals surface area contributed by atoms with E-state index in [2.05, 4.69) is 24.2 Å². The van der Waals surface area contributed by atoms with Gasteiger partial charge in [0.1, 0.15) is 5.60 Å². The fourth-order valence-electron chi connectivity index (χ4n) is 1.81. The van der Waals surface area contributed by atoms with E-state index >= 15 is 0 Å². The van der Waals surface area contributed by atoms with Crippen LogP contribution in [-0.4, -0.2) is 47.7 Å². The lowest BCUT2D eigenvalue weighted by atomic mass is 10.2. The molecule has 1 amide bonds. The van der Waals surface area contributed by atoms with Gasteiger partial charge in [-0.25, -0.2) is 4.79 Å². The Labute approximate surface area is 128 Å². The van der Waals surface area contributed by atoms with Crippen LogP contribution in [0.3, 0.4) is 0 Å². The molecule has 0 heterocycles. The van der Waals surface area contributed by atoms with E-state index in [0.717, 1.165) is 19.3 Å². The van der Waals surface area contributed by atoms with Crippen LogP contribution in [0, 0.1) is 0 Å². The molecule has 1 aliphatic rings. The van der Waals surface area contributed by atoms with Gasteiger partial charge in [0.25, 0.3) is 0 Å². The molecule has 1 atom stereocenters. The first-order valence-corrected chi connectivity index (χ1v) is 7.79. The summed E-state index contributed by atoms with van der Waals surface area (Å²) in [5.74, 6) is 0.435. The maximum absolute atomic E-state index is 12.1. The Kier molecular flexibility index (Phi) is 6.30. The molecule has 0 radical (unpaired) electrons. The molecule has 0 aromatic rings. The van der Waals surface area contributed by atoms with Gasteiger partial charge in [-0.2, -0.15) is 0 Å². The van der Waals surface area contributed by atoms with Gasteiger partial charge >= 0.3 is 6.09 Å². The minimum atomic E-state index is -0.468. The second-order valence-electron chi connectivity index (χ2n) is 6.63. The molecule has 0 aliphatic heterocycles. The van der Waals surface area contributed by atoms with E-state index < -0.39 is 5.60 Å². The Balaban J connectivity index is 2.45. The quantitative estimate of drug-likeness (QED) is 0.581. The van der Waals surface area contributed by atoms with Gasteiger partial charge in [0.2, 0.25) is 0 Å². The largest absolute Gasteiger partial charge is 0.444 e. The summed E-state index contributed by atoms with van der Waals surface area (Å²) in [6.45, 7) is 10.8. The van der Waals surface area contributed by atoms with Gasteiger partial charge in [0, 0.05) is 18.6 Å². The lowest BCUT2D eigenvalue weighted by Gasteiger charge is -2.27. The normalized spacial score (nSPS) is 17.3. The Hall–Kier alpha value is -1.46. The van der Waals surface area contributed by atoms with Gasteiger partial charge in [0.15, 0.2) is 5.96 Å². The number of ether oxygens (including phenoxy) is 1. The molecule has 0 saturated heterocycles. The molecule has 6 heteroatoms. The number of guanidine groups is 1. The van der Waals surface area contributed by atoms with Crippen LogP contribution in [0.1, 0.15) is 53.9 Å². The standard InChI is InChI=1S/C15H30N4O2/c1-6-11(2)18-13(16)17-9-10-19(12-7-8-12)14(20)21-15(3,4)5/h11-12H,6-10H2,1-5H3,(H3,16,17,18). The zero-order chi connectivity index (χ0) is 16.0. The lowest BCUT2D eigenvalue weighted by Crippen LogP contribution is -2.41. The Bertz CT molecular complexity index is 372. The SMILES string of the molecule is CCC(C)NC(N)=NCCN(C(=O)OC(C)(C)C)C1CC1. The van der Waals surface area contributed by atoms with Crippen molar-refractivity contribution >= 4 is 12.1 Å². The maximum Gasteiger partial charge on any atom is 0.410 e. The lowest BCUT2D eigenvalue weighted by molar-refractivity contribution is 0.0240. The third kappa shape index (κ3) is 7.20. The van der Waals surface area contributed by atoms with Crippen LogP contribution < -0.4 is 11.1 Å². The fraction of sp³-hybridized carbons (Fsp3) is 0.867. The molecule has 0 spiro atoms. The molecule has 0 aromatic carbocycles. The number of carbonyl (C=O) groups is 1. The maximum atomic E-state index is 12.1. The van der Waals surface area contributed by atoms with Gasteiger partial charge < -0.3 is 20.7 Å². The fourth-order valence-corrected chi connectivity index (χ4v) is 1.81. The summed E-state index contributed by atoms with van der Waals surface area (Å²) in [4.78, 5) is 18.2. The topological polar surface area (TPSA) is 80.0 Å². The van der Waals surface area contributed by atoms with Gasteiger partial charge in [-0.1, -0.05) is 6.92 Å². The third-order valence-electron chi connectivity index (χ3n) is 3.25. The molecule has 1 saturated carbocycles. The van der Waals surface area contributed by atoms with Crippen LogP contribution in [0.25, 0.3) is 0 Å². The molecule has 0 bridgehead atoms. The highest BCUT2D eigenvalue weighted by Gasteiger charge is 2.34. The summed E-state index contributed by atoms with van der Waals surface area (Å²) in [5, 5.41) is 3.11. The first-order valence-electron chi connectivity index (χ1n) is 7.79. The van der Waals surface area contributed by atoms with E-state index in [1.165, 1.54) is 0 Å². The molecule has 122 valence electrons. The van der Waals surface area contributed by atoms with E-state index in [0.29, 0.717) is 31.1 Å². The van der Waals surface area contributed by atoms with Crippen LogP contribution in [0.5, 0.6) is 0 Å². The van der Waals surface area contributed by atoms with Crippen molar-refractivity contribution < 1.29 is 9.53 Å². The highest BCUT2D eigenvalue weighted by molar-refractivity contribution is 5.78. The van der Waals surface area contributed by atoms with Crippen LogP contribution in [-0.2, 0) is 4.74 Å². The average Bonchev–Trinajstić information content (AvgIpc) is 3.16. The smallest absolute Gasteiger partial charge is 0.410 e. The van der Waals surface area contributed by atoms with Crippen molar-refractivity contribution in [3.8, 4) is 0 Å². The van der Waals surface area contributed by atoms with Crippen molar-refractivity contribution in [1.29, 1.82) is 0 Å². The van der Waals surface area contributed by atoms with Crippen molar-refractivity contribution in [2.24, 2.45) is 10.7 Å². The Morgan fingerprint density at radius 1 is 1.48 bits per heavy atom. The number of nitrogens with zero attached hydrogens (tertiary/aromatic N) is 2. The predicted octanol–water partition coefficient (Wildman–Crippen LogP) is 2.09. The summed E-state index contributed by atoms with van der Waals surface area (Å²) in [6, 6.07) is 0.609. The highest BCUT2D eigenvalue weighted by atomic mass is 16.6. The molecule has 21 heavy (non-hydrogen) atoms. The van der Waals surface area contributed by atoms with E-state index in [4.69, 9.17) is 10.5 Å². The van der Waals surface area contributed by atoms with Gasteiger partial charge in [0.05, 0.1) is 6.54 Å². The molecular weight excluding hydrogens is 268 g/mol. The predicted molar refractivity (Wildman–Crippen MR) is 85.3 cm³/mol. The van der Waals surface area contributed by atoms with Crippen molar-refractivity contribution in [2.75, 3.05) is 13.1 Å². The first-order chi connectivity index (χ1) is 9.73. The number of rotatable bonds is 6. The minimum Gasteiger partial charge on any atom is -0.444 e. The zero-order valence-electron chi connectivity index (χ0n) is 14.0. The van der Waals surface area contributed by atoms with E-state index in [1.54, 1.807) is 4.90 Å². The number of hydrogen-bond acceptors (Lipinski definition) is 3. The van der Waals surface area contributed by atoms with Crippen molar-refractivity contribution in [3.63, 3.8) is 0 Å². The summed E-state index contributed by atoms with van der Waals surface area (Å²) in [5.41, 5.74) is 5.34. The van der Waals surface area contributed by atoms with E-state index in [-0.39, 0.29) is 6.09 Å². The van der Waals surface area contributed by atoms with Crippen molar-refractivity contribution in [1.82, 2.24) is 10.2 Å². The Morgan fingerprint density at radius 3 is 2.57 bits per heavy atom. The molecule has 1 rings (SSSR count). The molecule has 6 nitrogen and oxygen atoms in total. The van der Waals surface area contributed by atoms with Gasteiger partial charge in [-0.15, -0.1) is 0 Å². The van der Waals surface area contributed by atoms with Gasteiger partial charge in [-0.05, 0) is 47.0 Å². The van der Waals surface area contributed by atoms with E-state index in [1.807, 2.05) is 20.8 Å². The minimum absolute atomic E-state index is 0.256. The summed E-state index contributed by atoms with van der Waals surface area (Å²) >= 11 is 0. The van der Waals surface area contributed by atoms with Crippen LogP contribution in [0.4, 0.5) is 4.79 Å². The average molecular weight is 298 g/mol. The zero-order valence-corrected chi connectivity index (χ0v) is 14.0. The summed E-state index contributed by atoms with van der Waals surface area (Å²) < 4.78 is 5.43. The highest BCUT2D eigenvalue weighted by Crippen LogP contribution is 2.28. The molecule has 1 fully saturated rings. The van der Waals surface area contributed by atoms with Crippen molar-refractivity contribution in [3.05, 3.63) is 0 Å². The van der Waals surface area contributed by atoms with Crippen molar-refractivity contribution in [2.45, 2.75) is 71.6 Å². The second kappa shape index (κ2) is 7.52. The molecule has 1 aliphatic carbocycles. The molecule has 3 N–H and O–H groups in total. The van der Waals surface area contributed by atoms with Crippen LogP contribution >= 0.6 is 0 Å². The van der Waals surface area contributed by atoms with E-state index in [9.17, 15) is 4.79 Å².